The maximum Gasteiger partial charge on any atom is 0.329 e. The number of carboxylic acids is 1. The van der Waals surface area contributed by atoms with Crippen LogP contribution in [-0.4, -0.2) is 61.5 Å². The van der Waals surface area contributed by atoms with Gasteiger partial charge in [0.25, 0.3) is 5.91 Å². The summed E-state index contributed by atoms with van der Waals surface area (Å²) in [4.78, 5) is 24.2. The Hall–Kier alpha value is -1.97. The molecule has 1 saturated heterocycles. The van der Waals surface area contributed by atoms with Gasteiger partial charge in [0.15, 0.2) is 0 Å². The first-order chi connectivity index (χ1) is 12.6. The first-order valence-corrected chi connectivity index (χ1v) is 10.3. The van der Waals surface area contributed by atoms with Gasteiger partial charge in [-0.1, -0.05) is 19.4 Å². The SMILES string of the molecule is CCCC(C)(NC(=O)c1ccc(C)c(S(=O)(=O)N2CCOCC2)c1)C(=O)O. The predicted molar refractivity (Wildman–Crippen MR) is 99.2 cm³/mol. The Labute approximate surface area is 159 Å². The number of nitrogens with zero attached hydrogens (tertiary/aromatic N) is 1. The molecule has 1 aliphatic rings. The number of carboxylic acid groups (broad SMARTS) is 1. The minimum atomic E-state index is -3.76. The molecule has 9 heteroatoms. The second-order valence-electron chi connectivity index (χ2n) is 6.84. The molecule has 2 N–H and O–H groups in total. The quantitative estimate of drug-likeness (QED) is 0.718. The summed E-state index contributed by atoms with van der Waals surface area (Å²) in [6.07, 6.45) is 0.840. The number of hydrogen-bond donors (Lipinski definition) is 2. The number of morpholine rings is 1. The fraction of sp³-hybridized carbons (Fsp3) is 0.556. The highest BCUT2D eigenvalue weighted by atomic mass is 32.2. The fourth-order valence-electron chi connectivity index (χ4n) is 2.99. The molecule has 0 aromatic heterocycles. The predicted octanol–water partition coefficient (Wildman–Crippen LogP) is 1.39. The monoisotopic (exact) mass is 398 g/mol. The van der Waals surface area contributed by atoms with E-state index in [1.807, 2.05) is 6.92 Å². The number of sulfonamides is 1. The van der Waals surface area contributed by atoms with E-state index in [4.69, 9.17) is 4.74 Å². The van der Waals surface area contributed by atoms with E-state index in [2.05, 4.69) is 5.32 Å². The lowest BCUT2D eigenvalue weighted by atomic mass is 9.95. The lowest BCUT2D eigenvalue weighted by Gasteiger charge is -2.27. The molecule has 2 rings (SSSR count). The number of benzene rings is 1. The Morgan fingerprint density at radius 3 is 2.48 bits per heavy atom. The van der Waals surface area contributed by atoms with Gasteiger partial charge < -0.3 is 15.2 Å². The molecule has 0 saturated carbocycles. The Balaban J connectivity index is 2.33. The maximum atomic E-state index is 12.9. The van der Waals surface area contributed by atoms with E-state index in [-0.39, 0.29) is 30.0 Å². The molecule has 1 aromatic rings. The number of amides is 1. The van der Waals surface area contributed by atoms with Crippen LogP contribution >= 0.6 is 0 Å². The number of rotatable bonds is 7. The summed E-state index contributed by atoms with van der Waals surface area (Å²) >= 11 is 0. The molecule has 1 aliphatic heterocycles. The summed E-state index contributed by atoms with van der Waals surface area (Å²) in [6.45, 7) is 6.09. The van der Waals surface area contributed by atoms with Crippen molar-refractivity contribution in [3.63, 3.8) is 0 Å². The Morgan fingerprint density at radius 1 is 1.30 bits per heavy atom. The molecule has 1 atom stereocenters. The van der Waals surface area contributed by atoms with Crippen molar-refractivity contribution in [1.82, 2.24) is 9.62 Å². The van der Waals surface area contributed by atoms with Crippen LogP contribution in [0.1, 0.15) is 42.6 Å². The summed E-state index contributed by atoms with van der Waals surface area (Å²) < 4.78 is 32.4. The number of carbonyl (C=O) groups is 2. The lowest BCUT2D eigenvalue weighted by molar-refractivity contribution is -0.144. The number of nitrogens with one attached hydrogen (secondary N) is 1. The third kappa shape index (κ3) is 4.66. The van der Waals surface area contributed by atoms with Gasteiger partial charge in [-0.25, -0.2) is 13.2 Å². The first-order valence-electron chi connectivity index (χ1n) is 8.86. The van der Waals surface area contributed by atoms with Crippen molar-refractivity contribution in [2.75, 3.05) is 26.3 Å². The highest BCUT2D eigenvalue weighted by Crippen LogP contribution is 2.23. The number of hydrogen-bond acceptors (Lipinski definition) is 5. The van der Waals surface area contributed by atoms with Crippen LogP contribution in [-0.2, 0) is 19.6 Å². The van der Waals surface area contributed by atoms with Gasteiger partial charge in [0.2, 0.25) is 10.0 Å². The summed E-state index contributed by atoms with van der Waals surface area (Å²) in [5.74, 6) is -1.75. The normalized spacial score (nSPS) is 17.9. The second-order valence-corrected chi connectivity index (χ2v) is 8.74. The Morgan fingerprint density at radius 2 is 1.93 bits per heavy atom. The molecule has 1 fully saturated rings. The first kappa shape index (κ1) is 21.3. The highest BCUT2D eigenvalue weighted by molar-refractivity contribution is 7.89. The fourth-order valence-corrected chi connectivity index (χ4v) is 4.65. The summed E-state index contributed by atoms with van der Waals surface area (Å²) in [5, 5.41) is 11.9. The van der Waals surface area contributed by atoms with Crippen LogP contribution in [0.4, 0.5) is 0 Å². The van der Waals surface area contributed by atoms with Crippen LogP contribution in [0.25, 0.3) is 0 Å². The molecule has 1 heterocycles. The molecule has 0 radical (unpaired) electrons. The average Bonchev–Trinajstić information content (AvgIpc) is 2.62. The summed E-state index contributed by atoms with van der Waals surface area (Å²) in [5.41, 5.74) is -0.788. The van der Waals surface area contributed by atoms with Crippen LogP contribution in [0.5, 0.6) is 0 Å². The third-order valence-electron chi connectivity index (χ3n) is 4.65. The molecule has 1 aromatic carbocycles. The van der Waals surface area contributed by atoms with Crippen molar-refractivity contribution < 1.29 is 27.9 Å². The molecule has 0 aliphatic carbocycles. The largest absolute Gasteiger partial charge is 0.480 e. The summed E-state index contributed by atoms with van der Waals surface area (Å²) in [7, 11) is -3.76. The molecule has 0 bridgehead atoms. The molecule has 8 nitrogen and oxygen atoms in total. The van der Waals surface area contributed by atoms with Gasteiger partial charge in [0, 0.05) is 18.7 Å². The molecule has 150 valence electrons. The van der Waals surface area contributed by atoms with Crippen molar-refractivity contribution in [3.05, 3.63) is 29.3 Å². The second kappa shape index (κ2) is 8.37. The number of carbonyl (C=O) groups excluding carboxylic acids is 1. The van der Waals surface area contributed by atoms with E-state index in [0.717, 1.165) is 0 Å². The van der Waals surface area contributed by atoms with Gasteiger partial charge in [-0.15, -0.1) is 0 Å². The van der Waals surface area contributed by atoms with Gasteiger partial charge in [0.1, 0.15) is 5.54 Å². The Bertz CT molecular complexity index is 817. The van der Waals surface area contributed by atoms with E-state index < -0.39 is 27.4 Å². The molecular weight excluding hydrogens is 372 g/mol. The highest BCUT2D eigenvalue weighted by Gasteiger charge is 2.35. The van der Waals surface area contributed by atoms with Crippen LogP contribution in [0, 0.1) is 6.92 Å². The summed E-state index contributed by atoms with van der Waals surface area (Å²) in [6, 6.07) is 4.36. The van der Waals surface area contributed by atoms with Gasteiger partial charge in [0.05, 0.1) is 18.1 Å². The average molecular weight is 398 g/mol. The van der Waals surface area contributed by atoms with Crippen LogP contribution in [0.3, 0.4) is 0 Å². The third-order valence-corrected chi connectivity index (χ3v) is 6.69. The zero-order valence-electron chi connectivity index (χ0n) is 15.8. The minimum Gasteiger partial charge on any atom is -0.480 e. The van der Waals surface area contributed by atoms with Gasteiger partial charge >= 0.3 is 5.97 Å². The van der Waals surface area contributed by atoms with Gasteiger partial charge in [-0.3, -0.25) is 4.79 Å². The number of aliphatic carboxylic acids is 1. The van der Waals surface area contributed by atoms with Crippen molar-refractivity contribution in [2.24, 2.45) is 0 Å². The zero-order chi connectivity index (χ0) is 20.2. The molecule has 27 heavy (non-hydrogen) atoms. The standard InChI is InChI=1S/C18H26N2O6S/c1-4-7-18(3,17(22)23)19-16(21)14-6-5-13(2)15(12-14)27(24,25)20-8-10-26-11-9-20/h5-6,12H,4,7-11H2,1-3H3,(H,19,21)(H,22,23). The van der Waals surface area contributed by atoms with Crippen LogP contribution < -0.4 is 5.32 Å². The minimum absolute atomic E-state index is 0.0459. The van der Waals surface area contributed by atoms with E-state index in [9.17, 15) is 23.1 Å². The van der Waals surface area contributed by atoms with Gasteiger partial charge in [-0.05, 0) is 38.0 Å². The molecule has 1 amide bonds. The van der Waals surface area contributed by atoms with Crippen molar-refractivity contribution in [2.45, 2.75) is 44.0 Å². The van der Waals surface area contributed by atoms with Crippen molar-refractivity contribution in [1.29, 1.82) is 0 Å². The number of aryl methyl sites for hydroxylation is 1. The zero-order valence-corrected chi connectivity index (χ0v) is 16.6. The number of ether oxygens (including phenoxy) is 1. The maximum absolute atomic E-state index is 12.9. The lowest BCUT2D eigenvalue weighted by Crippen LogP contribution is -2.52. The smallest absolute Gasteiger partial charge is 0.329 e. The van der Waals surface area contributed by atoms with Crippen molar-refractivity contribution in [3.8, 4) is 0 Å². The molecule has 0 spiro atoms. The van der Waals surface area contributed by atoms with Crippen LogP contribution in [0.2, 0.25) is 0 Å². The van der Waals surface area contributed by atoms with Crippen LogP contribution in [0.15, 0.2) is 23.1 Å². The molecule has 1 unspecified atom stereocenters. The van der Waals surface area contributed by atoms with Crippen molar-refractivity contribution >= 4 is 21.9 Å². The van der Waals surface area contributed by atoms with E-state index in [1.54, 1.807) is 13.0 Å². The van der Waals surface area contributed by atoms with E-state index in [1.165, 1.54) is 23.4 Å². The topological polar surface area (TPSA) is 113 Å². The Kier molecular flexibility index (Phi) is 6.61. The van der Waals surface area contributed by atoms with E-state index in [0.29, 0.717) is 25.2 Å². The molecular formula is C18H26N2O6S. The van der Waals surface area contributed by atoms with Gasteiger partial charge in [-0.2, -0.15) is 4.31 Å². The van der Waals surface area contributed by atoms with E-state index >= 15 is 0 Å².